The monoisotopic (exact) mass is 321 g/mol. The average Bonchev–Trinajstić information content (AvgIpc) is 2.96. The van der Waals surface area contributed by atoms with Crippen molar-refractivity contribution in [3.63, 3.8) is 0 Å². The normalized spacial score (nSPS) is 10.6. The molecule has 2 aromatic rings. The first-order valence-corrected chi connectivity index (χ1v) is 9.03. The lowest BCUT2D eigenvalue weighted by molar-refractivity contribution is -0.139. The van der Waals surface area contributed by atoms with Crippen molar-refractivity contribution in [2.75, 3.05) is 12.4 Å². The molecule has 0 bridgehead atoms. The molecule has 0 unspecified atom stereocenters. The van der Waals surface area contributed by atoms with Crippen molar-refractivity contribution in [1.82, 2.24) is 4.98 Å². The van der Waals surface area contributed by atoms with Gasteiger partial charge in [0.25, 0.3) is 0 Å². The minimum atomic E-state index is -0.159. The molecule has 0 radical (unpaired) electrons. The van der Waals surface area contributed by atoms with E-state index in [2.05, 4.69) is 41.6 Å². The highest BCUT2D eigenvalue weighted by molar-refractivity contribution is 7.99. The molecule has 0 fully saturated rings. The molecule has 112 valence electrons. The highest BCUT2D eigenvalue weighted by Gasteiger charge is 2.07. The standard InChI is InChI=1S/C16H19NO2S2/c1-3-12-5-7-13(8-6-12)16-17-14(10-21-16)9-20-11-15(18)19-4-2/h5-8,10H,3-4,9,11H2,1-2H3. The highest BCUT2D eigenvalue weighted by Crippen LogP contribution is 2.25. The topological polar surface area (TPSA) is 39.2 Å². The Kier molecular flexibility index (Phi) is 6.26. The zero-order chi connectivity index (χ0) is 15.1. The van der Waals surface area contributed by atoms with Crippen LogP contribution in [0.1, 0.15) is 25.1 Å². The van der Waals surface area contributed by atoms with Crippen LogP contribution in [0.25, 0.3) is 10.6 Å². The van der Waals surface area contributed by atoms with E-state index in [1.54, 1.807) is 11.3 Å². The van der Waals surface area contributed by atoms with Gasteiger partial charge < -0.3 is 4.74 Å². The summed E-state index contributed by atoms with van der Waals surface area (Å²) in [5, 5.41) is 3.09. The number of carbonyl (C=O) groups excluding carboxylic acids is 1. The molecule has 2 rings (SSSR count). The summed E-state index contributed by atoms with van der Waals surface area (Å²) in [7, 11) is 0. The number of thioether (sulfide) groups is 1. The first kappa shape index (κ1) is 16.0. The predicted molar refractivity (Wildman–Crippen MR) is 89.7 cm³/mol. The average molecular weight is 321 g/mol. The van der Waals surface area contributed by atoms with E-state index >= 15 is 0 Å². The quantitative estimate of drug-likeness (QED) is 0.718. The maximum atomic E-state index is 11.3. The fourth-order valence-electron chi connectivity index (χ4n) is 1.83. The number of esters is 1. The van der Waals surface area contributed by atoms with Crippen LogP contribution in [0.5, 0.6) is 0 Å². The molecule has 0 aliphatic rings. The van der Waals surface area contributed by atoms with Crippen molar-refractivity contribution < 1.29 is 9.53 Å². The van der Waals surface area contributed by atoms with E-state index < -0.39 is 0 Å². The molecule has 0 N–H and O–H groups in total. The summed E-state index contributed by atoms with van der Waals surface area (Å²) in [5.41, 5.74) is 3.50. The first-order chi connectivity index (χ1) is 10.2. The second kappa shape index (κ2) is 8.20. The molecule has 1 heterocycles. The molecule has 0 amide bonds. The maximum Gasteiger partial charge on any atom is 0.315 e. The summed E-state index contributed by atoms with van der Waals surface area (Å²) < 4.78 is 4.90. The Morgan fingerprint density at radius 1 is 1.29 bits per heavy atom. The van der Waals surface area contributed by atoms with Crippen molar-refractivity contribution in [3.05, 3.63) is 40.9 Å². The fraction of sp³-hybridized carbons (Fsp3) is 0.375. The third kappa shape index (κ3) is 4.86. The lowest BCUT2D eigenvalue weighted by Crippen LogP contribution is -2.06. The van der Waals surface area contributed by atoms with Gasteiger partial charge in [0.2, 0.25) is 0 Å². The van der Waals surface area contributed by atoms with Gasteiger partial charge in [-0.05, 0) is 18.9 Å². The van der Waals surface area contributed by atoms with Crippen LogP contribution in [0.4, 0.5) is 0 Å². The van der Waals surface area contributed by atoms with Gasteiger partial charge in [-0.2, -0.15) is 0 Å². The number of rotatable bonds is 7. The summed E-state index contributed by atoms with van der Waals surface area (Å²) in [4.78, 5) is 15.9. The van der Waals surface area contributed by atoms with Gasteiger partial charge in [0.15, 0.2) is 0 Å². The molecule has 1 aromatic heterocycles. The fourth-order valence-corrected chi connectivity index (χ4v) is 3.47. The number of aryl methyl sites for hydroxylation is 1. The number of hydrogen-bond acceptors (Lipinski definition) is 5. The molecule has 0 saturated heterocycles. The van der Waals surface area contributed by atoms with Gasteiger partial charge in [-0.3, -0.25) is 4.79 Å². The number of thiazole rings is 1. The van der Waals surface area contributed by atoms with Gasteiger partial charge in [0.1, 0.15) is 5.01 Å². The van der Waals surface area contributed by atoms with Crippen LogP contribution < -0.4 is 0 Å². The van der Waals surface area contributed by atoms with E-state index in [0.29, 0.717) is 12.4 Å². The zero-order valence-electron chi connectivity index (χ0n) is 12.3. The van der Waals surface area contributed by atoms with Crippen LogP contribution in [0.3, 0.4) is 0 Å². The number of ether oxygens (including phenoxy) is 1. The molecular formula is C16H19NO2S2. The largest absolute Gasteiger partial charge is 0.465 e. The second-order valence-electron chi connectivity index (χ2n) is 4.49. The van der Waals surface area contributed by atoms with E-state index in [1.807, 2.05) is 6.92 Å². The van der Waals surface area contributed by atoms with Crippen LogP contribution in [0.15, 0.2) is 29.6 Å². The zero-order valence-corrected chi connectivity index (χ0v) is 13.9. The number of benzene rings is 1. The van der Waals surface area contributed by atoms with Crippen LogP contribution >= 0.6 is 23.1 Å². The summed E-state index contributed by atoms with van der Waals surface area (Å²) in [6, 6.07) is 8.53. The van der Waals surface area contributed by atoms with Gasteiger partial charge in [-0.25, -0.2) is 4.98 Å². The van der Waals surface area contributed by atoms with Crippen molar-refractivity contribution in [2.24, 2.45) is 0 Å². The van der Waals surface area contributed by atoms with Crippen molar-refractivity contribution >= 4 is 29.1 Å². The molecule has 0 atom stereocenters. The third-order valence-corrected chi connectivity index (χ3v) is 4.82. The Hall–Kier alpha value is -1.33. The Morgan fingerprint density at radius 3 is 2.71 bits per heavy atom. The molecule has 0 spiro atoms. The predicted octanol–water partition coefficient (Wildman–Crippen LogP) is 4.17. The minimum Gasteiger partial charge on any atom is -0.465 e. The SMILES string of the molecule is CCOC(=O)CSCc1csc(-c2ccc(CC)cc2)n1. The molecule has 0 aliphatic carbocycles. The third-order valence-electron chi connectivity index (χ3n) is 2.94. The smallest absolute Gasteiger partial charge is 0.315 e. The van der Waals surface area contributed by atoms with E-state index in [1.165, 1.54) is 17.3 Å². The van der Waals surface area contributed by atoms with Crippen LogP contribution in [-0.2, 0) is 21.7 Å². The summed E-state index contributed by atoms with van der Waals surface area (Å²) in [5.74, 6) is 0.960. The summed E-state index contributed by atoms with van der Waals surface area (Å²) >= 11 is 3.18. The molecule has 0 aliphatic heterocycles. The molecule has 5 heteroatoms. The highest BCUT2D eigenvalue weighted by atomic mass is 32.2. The number of nitrogens with zero attached hydrogens (tertiary/aromatic N) is 1. The Balaban J connectivity index is 1.90. The summed E-state index contributed by atoms with van der Waals surface area (Å²) in [6.07, 6.45) is 1.05. The summed E-state index contributed by atoms with van der Waals surface area (Å²) in [6.45, 7) is 4.41. The number of hydrogen-bond donors (Lipinski definition) is 0. The Labute approximate surface area is 133 Å². The Bertz CT molecular complexity index is 578. The van der Waals surface area contributed by atoms with E-state index in [0.717, 1.165) is 28.4 Å². The number of carbonyl (C=O) groups is 1. The number of aromatic nitrogens is 1. The van der Waals surface area contributed by atoms with Gasteiger partial charge >= 0.3 is 5.97 Å². The molecule has 3 nitrogen and oxygen atoms in total. The second-order valence-corrected chi connectivity index (χ2v) is 6.34. The van der Waals surface area contributed by atoms with Crippen LogP contribution in [-0.4, -0.2) is 23.3 Å². The van der Waals surface area contributed by atoms with Gasteiger partial charge in [-0.15, -0.1) is 23.1 Å². The van der Waals surface area contributed by atoms with Gasteiger partial charge in [0, 0.05) is 16.7 Å². The van der Waals surface area contributed by atoms with Crippen LogP contribution in [0, 0.1) is 0 Å². The maximum absolute atomic E-state index is 11.3. The van der Waals surface area contributed by atoms with Crippen molar-refractivity contribution in [2.45, 2.75) is 26.0 Å². The van der Waals surface area contributed by atoms with Gasteiger partial charge in [0.05, 0.1) is 18.1 Å². The van der Waals surface area contributed by atoms with E-state index in [-0.39, 0.29) is 5.97 Å². The van der Waals surface area contributed by atoms with Crippen molar-refractivity contribution in [3.8, 4) is 10.6 Å². The molecular weight excluding hydrogens is 302 g/mol. The van der Waals surface area contributed by atoms with Crippen LogP contribution in [0.2, 0.25) is 0 Å². The lowest BCUT2D eigenvalue weighted by atomic mass is 10.1. The molecule has 1 aromatic carbocycles. The molecule has 0 saturated carbocycles. The minimum absolute atomic E-state index is 0.159. The van der Waals surface area contributed by atoms with E-state index in [4.69, 9.17) is 4.74 Å². The first-order valence-electron chi connectivity index (χ1n) is 7.00. The van der Waals surface area contributed by atoms with E-state index in [9.17, 15) is 4.79 Å². The van der Waals surface area contributed by atoms with Crippen molar-refractivity contribution in [1.29, 1.82) is 0 Å². The van der Waals surface area contributed by atoms with Gasteiger partial charge in [-0.1, -0.05) is 31.2 Å². The Morgan fingerprint density at radius 2 is 2.05 bits per heavy atom. The lowest BCUT2D eigenvalue weighted by Gasteiger charge is -2.00. The molecule has 21 heavy (non-hydrogen) atoms.